The lowest BCUT2D eigenvalue weighted by Gasteiger charge is -2.10. The van der Waals surface area contributed by atoms with Crippen LogP contribution in [0.5, 0.6) is 11.5 Å². The van der Waals surface area contributed by atoms with E-state index in [2.05, 4.69) is 10.1 Å². The quantitative estimate of drug-likeness (QED) is 0.414. The number of non-ortho nitro benzene ring substituents is 1. The van der Waals surface area contributed by atoms with Crippen LogP contribution in [-0.4, -0.2) is 37.1 Å². The van der Waals surface area contributed by atoms with Crippen molar-refractivity contribution in [3.05, 3.63) is 58.1 Å². The van der Waals surface area contributed by atoms with E-state index < -0.39 is 30.0 Å². The van der Waals surface area contributed by atoms with E-state index in [1.165, 1.54) is 31.4 Å². The third-order valence-electron chi connectivity index (χ3n) is 3.32. The van der Waals surface area contributed by atoms with E-state index in [1.807, 2.05) is 0 Å². The molecule has 0 atom stereocenters. The van der Waals surface area contributed by atoms with Gasteiger partial charge in [0.1, 0.15) is 11.5 Å². The Bertz CT molecular complexity index is 872. The van der Waals surface area contributed by atoms with Crippen molar-refractivity contribution in [3.63, 3.8) is 0 Å². The van der Waals surface area contributed by atoms with Crippen molar-refractivity contribution in [2.45, 2.75) is 6.61 Å². The number of alkyl halides is 2. The molecule has 28 heavy (non-hydrogen) atoms. The Balaban J connectivity index is 1.93. The van der Waals surface area contributed by atoms with Crippen molar-refractivity contribution >= 4 is 23.3 Å². The average Bonchev–Trinajstić information content (AvgIpc) is 2.66. The minimum Gasteiger partial charge on any atom is -0.494 e. The van der Waals surface area contributed by atoms with Gasteiger partial charge < -0.3 is 19.5 Å². The number of rotatable bonds is 8. The second-order valence-electron chi connectivity index (χ2n) is 5.17. The number of ether oxygens (including phenoxy) is 3. The number of nitro groups is 1. The van der Waals surface area contributed by atoms with Gasteiger partial charge in [-0.25, -0.2) is 4.79 Å². The summed E-state index contributed by atoms with van der Waals surface area (Å²) in [5, 5.41) is 13.1. The highest BCUT2D eigenvalue weighted by Gasteiger charge is 2.15. The first-order chi connectivity index (χ1) is 13.3. The summed E-state index contributed by atoms with van der Waals surface area (Å²) in [5.74, 6) is -1.63. The summed E-state index contributed by atoms with van der Waals surface area (Å²) in [7, 11) is 1.27. The molecule has 0 fully saturated rings. The molecule has 148 valence electrons. The lowest BCUT2D eigenvalue weighted by Crippen LogP contribution is -2.21. The summed E-state index contributed by atoms with van der Waals surface area (Å²) in [6, 6.07) is 8.31. The predicted octanol–water partition coefficient (Wildman–Crippen LogP) is 3.00. The molecule has 1 N–H and O–H groups in total. The number of amides is 1. The minimum atomic E-state index is -2.99. The molecule has 0 spiro atoms. The molecule has 0 saturated heterocycles. The lowest BCUT2D eigenvalue weighted by molar-refractivity contribution is -0.384. The molecule has 2 aromatic carbocycles. The maximum Gasteiger partial charge on any atom is 0.387 e. The van der Waals surface area contributed by atoms with Crippen LogP contribution in [0.1, 0.15) is 10.4 Å². The lowest BCUT2D eigenvalue weighted by atomic mass is 10.2. The van der Waals surface area contributed by atoms with Gasteiger partial charge in [-0.15, -0.1) is 0 Å². The zero-order valence-electron chi connectivity index (χ0n) is 14.4. The molecule has 0 heterocycles. The average molecular weight is 396 g/mol. The summed E-state index contributed by atoms with van der Waals surface area (Å²) in [6.45, 7) is -3.63. The Morgan fingerprint density at radius 1 is 1.18 bits per heavy atom. The van der Waals surface area contributed by atoms with Gasteiger partial charge in [-0.2, -0.15) is 8.78 Å². The molecule has 0 saturated carbocycles. The molecule has 0 aliphatic carbocycles. The van der Waals surface area contributed by atoms with Crippen molar-refractivity contribution in [1.82, 2.24) is 0 Å². The number of methoxy groups -OCH3 is 1. The third kappa shape index (κ3) is 5.62. The van der Waals surface area contributed by atoms with Crippen LogP contribution >= 0.6 is 0 Å². The second kappa shape index (κ2) is 9.26. The first-order valence-electron chi connectivity index (χ1n) is 7.64. The van der Waals surface area contributed by atoms with Crippen molar-refractivity contribution in [1.29, 1.82) is 0 Å². The standard InChI is InChI=1S/C17H14F2N2O7/c1-26-14-8-11(21(24)25)4-7-13(14)20-15(22)9-27-16(23)10-2-5-12(6-3-10)28-17(18)19/h2-8,17H,9H2,1H3,(H,20,22). The van der Waals surface area contributed by atoms with Crippen LogP contribution < -0.4 is 14.8 Å². The molecule has 2 rings (SSSR count). The van der Waals surface area contributed by atoms with Crippen LogP contribution in [0.4, 0.5) is 20.2 Å². The smallest absolute Gasteiger partial charge is 0.387 e. The van der Waals surface area contributed by atoms with Crippen LogP contribution in [0.15, 0.2) is 42.5 Å². The zero-order chi connectivity index (χ0) is 20.7. The van der Waals surface area contributed by atoms with Gasteiger partial charge in [0.05, 0.1) is 29.4 Å². The van der Waals surface area contributed by atoms with Gasteiger partial charge in [0.2, 0.25) is 0 Å². The fourth-order valence-corrected chi connectivity index (χ4v) is 2.07. The van der Waals surface area contributed by atoms with Crippen molar-refractivity contribution in [3.8, 4) is 11.5 Å². The number of nitrogens with one attached hydrogen (secondary N) is 1. The molecule has 0 unspecified atom stereocenters. The van der Waals surface area contributed by atoms with Crippen LogP contribution in [-0.2, 0) is 9.53 Å². The molecule has 1 amide bonds. The molecule has 0 radical (unpaired) electrons. The van der Waals surface area contributed by atoms with E-state index in [9.17, 15) is 28.5 Å². The Morgan fingerprint density at radius 2 is 1.86 bits per heavy atom. The van der Waals surface area contributed by atoms with Crippen molar-refractivity contribution in [2.24, 2.45) is 0 Å². The van der Waals surface area contributed by atoms with Gasteiger partial charge in [-0.1, -0.05) is 0 Å². The normalized spacial score (nSPS) is 10.3. The van der Waals surface area contributed by atoms with Gasteiger partial charge >= 0.3 is 12.6 Å². The number of esters is 1. The SMILES string of the molecule is COc1cc([N+](=O)[O-])ccc1NC(=O)COC(=O)c1ccc(OC(F)F)cc1. The number of benzene rings is 2. The maximum absolute atomic E-state index is 12.1. The van der Waals surface area contributed by atoms with Crippen LogP contribution in [0, 0.1) is 10.1 Å². The Morgan fingerprint density at radius 3 is 2.43 bits per heavy atom. The van der Waals surface area contributed by atoms with Gasteiger partial charge in [0.15, 0.2) is 6.61 Å². The van der Waals surface area contributed by atoms with Gasteiger partial charge in [0, 0.05) is 6.07 Å². The number of hydrogen-bond donors (Lipinski definition) is 1. The molecule has 0 aromatic heterocycles. The molecular formula is C17H14F2N2O7. The summed E-state index contributed by atoms with van der Waals surface area (Å²) in [5.41, 5.74) is -0.0365. The van der Waals surface area contributed by atoms with E-state index in [0.29, 0.717) is 0 Å². The van der Waals surface area contributed by atoms with E-state index in [1.54, 1.807) is 0 Å². The third-order valence-corrected chi connectivity index (χ3v) is 3.32. The fourth-order valence-electron chi connectivity index (χ4n) is 2.07. The van der Waals surface area contributed by atoms with E-state index in [0.717, 1.165) is 18.2 Å². The Hall–Kier alpha value is -3.76. The monoisotopic (exact) mass is 396 g/mol. The number of hydrogen-bond acceptors (Lipinski definition) is 7. The van der Waals surface area contributed by atoms with Gasteiger partial charge in [0.25, 0.3) is 11.6 Å². The highest BCUT2D eigenvalue weighted by atomic mass is 19.3. The Labute approximate surface area is 157 Å². The van der Waals surface area contributed by atoms with E-state index >= 15 is 0 Å². The number of anilines is 1. The highest BCUT2D eigenvalue weighted by Crippen LogP contribution is 2.28. The number of halogens is 2. The predicted molar refractivity (Wildman–Crippen MR) is 91.6 cm³/mol. The van der Waals surface area contributed by atoms with Crippen LogP contribution in [0.25, 0.3) is 0 Å². The number of carbonyl (C=O) groups is 2. The van der Waals surface area contributed by atoms with Crippen molar-refractivity contribution in [2.75, 3.05) is 19.0 Å². The van der Waals surface area contributed by atoms with E-state index in [4.69, 9.17) is 9.47 Å². The summed E-state index contributed by atoms with van der Waals surface area (Å²) >= 11 is 0. The van der Waals surface area contributed by atoms with Gasteiger partial charge in [-0.3, -0.25) is 14.9 Å². The highest BCUT2D eigenvalue weighted by molar-refractivity contribution is 5.96. The van der Waals surface area contributed by atoms with Crippen molar-refractivity contribution < 1.29 is 37.5 Å². The molecule has 0 aliphatic rings. The first kappa shape index (κ1) is 20.6. The first-order valence-corrected chi connectivity index (χ1v) is 7.64. The van der Waals surface area contributed by atoms with Gasteiger partial charge in [-0.05, 0) is 30.3 Å². The summed E-state index contributed by atoms with van der Waals surface area (Å²) in [6.07, 6.45) is 0. The van der Waals surface area contributed by atoms with Crippen LogP contribution in [0.3, 0.4) is 0 Å². The minimum absolute atomic E-state index is 0.0299. The number of carbonyl (C=O) groups excluding carboxylic acids is 2. The summed E-state index contributed by atoms with van der Waals surface area (Å²) in [4.78, 5) is 33.9. The maximum atomic E-state index is 12.1. The fraction of sp³-hybridized carbons (Fsp3) is 0.176. The second-order valence-corrected chi connectivity index (χ2v) is 5.17. The zero-order valence-corrected chi connectivity index (χ0v) is 14.4. The van der Waals surface area contributed by atoms with Crippen LogP contribution in [0.2, 0.25) is 0 Å². The number of nitro benzene ring substituents is 1. The number of nitrogens with zero attached hydrogens (tertiary/aromatic N) is 1. The summed E-state index contributed by atoms with van der Waals surface area (Å²) < 4.78 is 38.1. The molecular weight excluding hydrogens is 382 g/mol. The molecule has 0 bridgehead atoms. The molecule has 9 nitrogen and oxygen atoms in total. The Kier molecular flexibility index (Phi) is 6.79. The topological polar surface area (TPSA) is 117 Å². The van der Waals surface area contributed by atoms with E-state index in [-0.39, 0.29) is 28.4 Å². The molecule has 11 heteroatoms. The molecule has 2 aromatic rings. The molecule has 0 aliphatic heterocycles. The largest absolute Gasteiger partial charge is 0.494 e.